The largest absolute Gasteiger partial charge is 0.411 e. The van der Waals surface area contributed by atoms with Gasteiger partial charge in [-0.1, -0.05) is 48.0 Å². The second-order valence-corrected chi connectivity index (χ2v) is 6.11. The summed E-state index contributed by atoms with van der Waals surface area (Å²) in [5.74, 6) is -0.0241. The van der Waals surface area contributed by atoms with E-state index < -0.39 is 11.2 Å². The number of carbonyl (C=O) groups is 1. The smallest absolute Gasteiger partial charge is 0.277 e. The molecular formula is C17H15N3O2S. The molecule has 1 aromatic heterocycles. The van der Waals surface area contributed by atoms with Gasteiger partial charge in [-0.25, -0.2) is 0 Å². The first-order valence-electron chi connectivity index (χ1n) is 7.05. The van der Waals surface area contributed by atoms with Crippen LogP contribution in [0.2, 0.25) is 0 Å². The van der Waals surface area contributed by atoms with Crippen LogP contribution in [0, 0.1) is 6.92 Å². The van der Waals surface area contributed by atoms with Crippen molar-refractivity contribution in [3.05, 3.63) is 65.7 Å². The third kappa shape index (κ3) is 3.60. The van der Waals surface area contributed by atoms with Crippen LogP contribution in [0.3, 0.4) is 0 Å². The van der Waals surface area contributed by atoms with Gasteiger partial charge in [-0.3, -0.25) is 4.79 Å². The van der Waals surface area contributed by atoms with Gasteiger partial charge in [0.05, 0.1) is 0 Å². The molecule has 0 unspecified atom stereocenters. The lowest BCUT2D eigenvalue weighted by Gasteiger charge is -2.10. The molecule has 116 valence electrons. The van der Waals surface area contributed by atoms with Crippen LogP contribution in [-0.2, 0) is 4.79 Å². The Morgan fingerprint density at radius 2 is 1.91 bits per heavy atom. The van der Waals surface area contributed by atoms with E-state index in [0.29, 0.717) is 11.1 Å². The molecular weight excluding hydrogens is 310 g/mol. The van der Waals surface area contributed by atoms with E-state index in [0.717, 1.165) is 28.5 Å². The molecule has 2 N–H and O–H groups in total. The van der Waals surface area contributed by atoms with Crippen molar-refractivity contribution in [2.45, 2.75) is 17.4 Å². The zero-order valence-electron chi connectivity index (χ0n) is 12.5. The summed E-state index contributed by atoms with van der Waals surface area (Å²) in [4.78, 5) is 11.7. The van der Waals surface area contributed by atoms with Gasteiger partial charge in [0.2, 0.25) is 11.8 Å². The van der Waals surface area contributed by atoms with Crippen molar-refractivity contribution in [2.24, 2.45) is 5.73 Å². The van der Waals surface area contributed by atoms with Gasteiger partial charge in [-0.15, -0.1) is 10.2 Å². The summed E-state index contributed by atoms with van der Waals surface area (Å²) < 4.78 is 5.66. The van der Waals surface area contributed by atoms with E-state index in [2.05, 4.69) is 10.2 Å². The normalized spacial score (nSPS) is 12.0. The lowest BCUT2D eigenvalue weighted by Crippen LogP contribution is -2.18. The first-order valence-corrected chi connectivity index (χ1v) is 7.93. The molecule has 0 spiro atoms. The maximum Gasteiger partial charge on any atom is 0.277 e. The highest BCUT2D eigenvalue weighted by atomic mass is 32.2. The van der Waals surface area contributed by atoms with Crippen molar-refractivity contribution in [3.8, 4) is 11.5 Å². The molecule has 0 aliphatic carbocycles. The molecule has 0 saturated carbocycles. The molecule has 0 aliphatic heterocycles. The molecule has 0 aliphatic rings. The van der Waals surface area contributed by atoms with Gasteiger partial charge in [-0.2, -0.15) is 0 Å². The van der Waals surface area contributed by atoms with Crippen molar-refractivity contribution in [3.63, 3.8) is 0 Å². The van der Waals surface area contributed by atoms with Crippen LogP contribution < -0.4 is 5.73 Å². The molecule has 0 bridgehead atoms. The first-order chi connectivity index (χ1) is 11.1. The topological polar surface area (TPSA) is 82.0 Å². The summed E-state index contributed by atoms with van der Waals surface area (Å²) in [6.45, 7) is 1.99. The molecule has 1 heterocycles. The Labute approximate surface area is 137 Å². The predicted molar refractivity (Wildman–Crippen MR) is 88.7 cm³/mol. The Balaban J connectivity index is 1.84. The number of primary amides is 1. The molecule has 3 aromatic rings. The van der Waals surface area contributed by atoms with Gasteiger partial charge in [0, 0.05) is 5.56 Å². The lowest BCUT2D eigenvalue weighted by atomic mass is 10.1. The minimum absolute atomic E-state index is 0.314. The van der Waals surface area contributed by atoms with Gasteiger partial charge >= 0.3 is 0 Å². The summed E-state index contributed by atoms with van der Waals surface area (Å²) in [7, 11) is 0. The number of nitrogens with two attached hydrogens (primary N) is 1. The Morgan fingerprint density at radius 3 is 2.61 bits per heavy atom. The van der Waals surface area contributed by atoms with E-state index in [1.54, 1.807) is 0 Å². The van der Waals surface area contributed by atoms with E-state index in [1.165, 1.54) is 0 Å². The Bertz CT molecular complexity index is 817. The van der Waals surface area contributed by atoms with Crippen LogP contribution >= 0.6 is 11.8 Å². The van der Waals surface area contributed by atoms with Crippen molar-refractivity contribution in [1.29, 1.82) is 0 Å². The maximum absolute atomic E-state index is 11.7. The number of carbonyl (C=O) groups excluding carboxylic acids is 1. The molecule has 2 aromatic carbocycles. The van der Waals surface area contributed by atoms with E-state index >= 15 is 0 Å². The fraction of sp³-hybridized carbons (Fsp3) is 0.118. The minimum Gasteiger partial charge on any atom is -0.411 e. The molecule has 6 heteroatoms. The van der Waals surface area contributed by atoms with Crippen LogP contribution in [0.15, 0.2) is 64.2 Å². The van der Waals surface area contributed by atoms with Gasteiger partial charge in [0.15, 0.2) is 0 Å². The molecule has 0 saturated heterocycles. The van der Waals surface area contributed by atoms with E-state index in [9.17, 15) is 4.79 Å². The van der Waals surface area contributed by atoms with Crippen molar-refractivity contribution in [2.75, 3.05) is 0 Å². The Hall–Kier alpha value is -2.60. The highest BCUT2D eigenvalue weighted by molar-refractivity contribution is 8.00. The molecule has 0 fully saturated rings. The number of rotatable bonds is 5. The van der Waals surface area contributed by atoms with Crippen molar-refractivity contribution < 1.29 is 9.21 Å². The van der Waals surface area contributed by atoms with Crippen LogP contribution in [0.4, 0.5) is 0 Å². The zero-order chi connectivity index (χ0) is 16.2. The Morgan fingerprint density at radius 1 is 1.13 bits per heavy atom. The van der Waals surface area contributed by atoms with E-state index in [4.69, 9.17) is 10.2 Å². The number of nitrogens with zero attached hydrogens (tertiary/aromatic N) is 2. The summed E-state index contributed by atoms with van der Waals surface area (Å²) in [6.07, 6.45) is 0. The standard InChI is InChI=1S/C17H15N3O2S/c1-11-6-5-9-13(10-11)16-19-20-17(22-16)23-14(15(18)21)12-7-3-2-4-8-12/h2-10,14H,1H3,(H2,18,21)/t14-/m1/s1. The molecule has 23 heavy (non-hydrogen) atoms. The number of thioether (sulfide) groups is 1. The highest BCUT2D eigenvalue weighted by Crippen LogP contribution is 2.35. The first kappa shape index (κ1) is 15.3. The second-order valence-electron chi connectivity index (χ2n) is 5.05. The highest BCUT2D eigenvalue weighted by Gasteiger charge is 2.22. The third-order valence-electron chi connectivity index (χ3n) is 3.25. The SMILES string of the molecule is Cc1cccc(-c2nnc(S[C@@H](C(N)=O)c3ccccc3)o2)c1. The summed E-state index contributed by atoms with van der Waals surface area (Å²) in [5.41, 5.74) is 8.26. The monoisotopic (exact) mass is 325 g/mol. The predicted octanol–water partition coefficient (Wildman–Crippen LogP) is 3.36. The molecule has 0 radical (unpaired) electrons. The number of aryl methyl sites for hydroxylation is 1. The van der Waals surface area contributed by atoms with Crippen LogP contribution in [-0.4, -0.2) is 16.1 Å². The zero-order valence-corrected chi connectivity index (χ0v) is 13.3. The molecule has 5 nitrogen and oxygen atoms in total. The number of amides is 1. The van der Waals surface area contributed by atoms with Crippen molar-refractivity contribution in [1.82, 2.24) is 10.2 Å². The van der Waals surface area contributed by atoms with Crippen LogP contribution in [0.5, 0.6) is 0 Å². The second kappa shape index (κ2) is 6.66. The number of aromatic nitrogens is 2. The van der Waals surface area contributed by atoms with E-state index in [-0.39, 0.29) is 0 Å². The minimum atomic E-state index is -0.568. The molecule has 3 rings (SSSR count). The average Bonchev–Trinajstić information content (AvgIpc) is 3.02. The van der Waals surface area contributed by atoms with Crippen LogP contribution in [0.1, 0.15) is 16.4 Å². The van der Waals surface area contributed by atoms with Gasteiger partial charge in [0.1, 0.15) is 5.25 Å². The lowest BCUT2D eigenvalue weighted by molar-refractivity contribution is -0.117. The van der Waals surface area contributed by atoms with E-state index in [1.807, 2.05) is 61.5 Å². The summed E-state index contributed by atoms with van der Waals surface area (Å²) in [5, 5.41) is 7.80. The summed E-state index contributed by atoms with van der Waals surface area (Å²) in [6, 6.07) is 17.1. The van der Waals surface area contributed by atoms with Crippen molar-refractivity contribution >= 4 is 17.7 Å². The fourth-order valence-corrected chi connectivity index (χ4v) is 3.00. The maximum atomic E-state index is 11.7. The average molecular weight is 325 g/mol. The van der Waals surface area contributed by atoms with Gasteiger partial charge < -0.3 is 10.2 Å². The number of benzene rings is 2. The Kier molecular flexibility index (Phi) is 4.43. The molecule has 1 atom stereocenters. The van der Waals surface area contributed by atoms with Crippen LogP contribution in [0.25, 0.3) is 11.5 Å². The summed E-state index contributed by atoms with van der Waals surface area (Å²) >= 11 is 1.15. The van der Waals surface area contributed by atoms with Gasteiger partial charge in [0.25, 0.3) is 5.22 Å². The quantitative estimate of drug-likeness (QED) is 0.727. The number of hydrogen-bond acceptors (Lipinski definition) is 5. The van der Waals surface area contributed by atoms with Gasteiger partial charge in [-0.05, 0) is 36.4 Å². The fourth-order valence-electron chi connectivity index (χ4n) is 2.17. The third-order valence-corrected chi connectivity index (χ3v) is 4.36. The number of hydrogen-bond donors (Lipinski definition) is 1. The molecule has 1 amide bonds.